The number of hydrogen-bond donors (Lipinski definition) is 2. The van der Waals surface area contributed by atoms with Crippen LogP contribution in [0.4, 0.5) is 24.5 Å². The highest BCUT2D eigenvalue weighted by Gasteiger charge is 2.30. The predicted octanol–water partition coefficient (Wildman–Crippen LogP) is 2.86. The van der Waals surface area contributed by atoms with Gasteiger partial charge >= 0.3 is 29.9 Å². The summed E-state index contributed by atoms with van der Waals surface area (Å²) in [5.41, 5.74) is -1.33. The van der Waals surface area contributed by atoms with Crippen molar-refractivity contribution in [2.45, 2.75) is 6.18 Å². The van der Waals surface area contributed by atoms with Crippen molar-refractivity contribution in [1.29, 1.82) is 0 Å². The number of ether oxygens (including phenoxy) is 2. The fourth-order valence-electron chi connectivity index (χ4n) is 2.29. The summed E-state index contributed by atoms with van der Waals surface area (Å²) in [6.07, 6.45) is -4.55. The molecule has 158 valence electrons. The zero-order valence-electron chi connectivity index (χ0n) is 15.6. The Kier molecular flexibility index (Phi) is 6.77. The molecule has 30 heavy (non-hydrogen) atoms. The first kappa shape index (κ1) is 22.4. The zero-order chi connectivity index (χ0) is 22.5. The highest BCUT2D eigenvalue weighted by Crippen LogP contribution is 2.29. The van der Waals surface area contributed by atoms with Crippen LogP contribution in [0.2, 0.25) is 0 Å². The Bertz CT molecular complexity index is 987. The molecule has 2 amide bonds. The largest absolute Gasteiger partial charge is 0.465 e. The molecule has 0 fully saturated rings. The van der Waals surface area contributed by atoms with E-state index in [9.17, 15) is 32.3 Å². The van der Waals surface area contributed by atoms with E-state index in [-0.39, 0.29) is 22.5 Å². The van der Waals surface area contributed by atoms with Crippen molar-refractivity contribution >= 4 is 35.1 Å². The minimum atomic E-state index is -4.55. The molecule has 0 radical (unpaired) electrons. The summed E-state index contributed by atoms with van der Waals surface area (Å²) >= 11 is 0. The minimum Gasteiger partial charge on any atom is -0.465 e. The van der Waals surface area contributed by atoms with E-state index in [0.717, 1.165) is 44.6 Å². The lowest BCUT2D eigenvalue weighted by Gasteiger charge is -2.12. The van der Waals surface area contributed by atoms with Gasteiger partial charge in [-0.1, -0.05) is 0 Å². The van der Waals surface area contributed by atoms with Gasteiger partial charge in [0.05, 0.1) is 36.6 Å². The highest BCUT2D eigenvalue weighted by atomic mass is 19.4. The average molecular weight is 424 g/mol. The summed E-state index contributed by atoms with van der Waals surface area (Å²) in [6.45, 7) is 0. The molecule has 2 aromatic rings. The number of rotatable bonds is 4. The van der Waals surface area contributed by atoms with Gasteiger partial charge in [-0.2, -0.15) is 13.2 Å². The third kappa shape index (κ3) is 5.34. The SMILES string of the molecule is COC(=O)c1ccc(C(=O)OC)c(NC(=O)C(=O)Nc2ccc(C(F)(F)F)cc2)c1. The summed E-state index contributed by atoms with van der Waals surface area (Å²) in [5.74, 6) is -4.04. The molecule has 0 aliphatic heterocycles. The van der Waals surface area contributed by atoms with Crippen LogP contribution in [0.25, 0.3) is 0 Å². The number of alkyl halides is 3. The van der Waals surface area contributed by atoms with Crippen molar-refractivity contribution in [3.05, 3.63) is 59.2 Å². The Hall–Kier alpha value is -3.89. The topological polar surface area (TPSA) is 111 Å². The number of carbonyl (C=O) groups is 4. The number of hydrogen-bond acceptors (Lipinski definition) is 6. The number of amides is 2. The van der Waals surface area contributed by atoms with Crippen LogP contribution in [0, 0.1) is 0 Å². The second kappa shape index (κ2) is 9.07. The van der Waals surface area contributed by atoms with Crippen molar-refractivity contribution in [3.8, 4) is 0 Å². The summed E-state index contributed by atoms with van der Waals surface area (Å²) < 4.78 is 46.9. The Morgan fingerprint density at radius 1 is 0.800 bits per heavy atom. The Morgan fingerprint density at radius 3 is 1.90 bits per heavy atom. The number of nitrogens with one attached hydrogen (secondary N) is 2. The normalized spacial score (nSPS) is 10.7. The van der Waals surface area contributed by atoms with Gasteiger partial charge in [0, 0.05) is 5.69 Å². The summed E-state index contributed by atoms with van der Waals surface area (Å²) in [7, 11) is 2.23. The van der Waals surface area contributed by atoms with Crippen LogP contribution >= 0.6 is 0 Å². The van der Waals surface area contributed by atoms with Crippen LogP contribution in [-0.4, -0.2) is 38.0 Å². The van der Waals surface area contributed by atoms with Gasteiger partial charge in [0.2, 0.25) is 0 Å². The van der Waals surface area contributed by atoms with Gasteiger partial charge in [0.25, 0.3) is 0 Å². The molecule has 8 nitrogen and oxygen atoms in total. The van der Waals surface area contributed by atoms with Crippen molar-refractivity contribution in [2.75, 3.05) is 24.9 Å². The summed E-state index contributed by atoms with van der Waals surface area (Å²) in [4.78, 5) is 47.8. The number of benzene rings is 2. The average Bonchev–Trinajstić information content (AvgIpc) is 2.72. The smallest absolute Gasteiger partial charge is 0.416 e. The van der Waals surface area contributed by atoms with Gasteiger partial charge in [-0.3, -0.25) is 9.59 Å². The van der Waals surface area contributed by atoms with Gasteiger partial charge in [-0.15, -0.1) is 0 Å². The third-order valence-electron chi connectivity index (χ3n) is 3.77. The number of methoxy groups -OCH3 is 2. The van der Waals surface area contributed by atoms with Crippen LogP contribution < -0.4 is 10.6 Å². The molecule has 0 spiro atoms. The van der Waals surface area contributed by atoms with E-state index in [2.05, 4.69) is 20.1 Å². The molecule has 2 rings (SSSR count). The van der Waals surface area contributed by atoms with E-state index >= 15 is 0 Å². The molecule has 0 saturated heterocycles. The minimum absolute atomic E-state index is 0.0106. The maximum atomic E-state index is 12.6. The second-order valence-electron chi connectivity index (χ2n) is 5.73. The monoisotopic (exact) mass is 424 g/mol. The molecule has 0 heterocycles. The van der Waals surface area contributed by atoms with Crippen LogP contribution in [-0.2, 0) is 25.2 Å². The van der Waals surface area contributed by atoms with Crippen molar-refractivity contribution in [3.63, 3.8) is 0 Å². The third-order valence-corrected chi connectivity index (χ3v) is 3.77. The van der Waals surface area contributed by atoms with Crippen LogP contribution in [0.3, 0.4) is 0 Å². The quantitative estimate of drug-likeness (QED) is 0.577. The molecule has 0 saturated carbocycles. The van der Waals surface area contributed by atoms with Gasteiger partial charge in [0.15, 0.2) is 0 Å². The maximum absolute atomic E-state index is 12.6. The lowest BCUT2D eigenvalue weighted by Crippen LogP contribution is -2.30. The lowest BCUT2D eigenvalue weighted by molar-refractivity contribution is -0.137. The van der Waals surface area contributed by atoms with Crippen LogP contribution in [0.5, 0.6) is 0 Å². The first-order chi connectivity index (χ1) is 14.1. The molecular weight excluding hydrogens is 409 g/mol. The standard InChI is InChI=1S/C19H15F3N2O6/c1-29-17(27)10-3-8-13(18(28)30-2)14(9-10)24-16(26)15(25)23-12-6-4-11(5-7-12)19(20,21)22/h3-9H,1-2H3,(H,23,25)(H,24,26). The van der Waals surface area contributed by atoms with Gasteiger partial charge in [-0.05, 0) is 42.5 Å². The number of carbonyl (C=O) groups excluding carboxylic acids is 4. The van der Waals surface area contributed by atoms with Crippen LogP contribution in [0.15, 0.2) is 42.5 Å². The number of halogens is 3. The van der Waals surface area contributed by atoms with E-state index in [1.807, 2.05) is 0 Å². The zero-order valence-corrected chi connectivity index (χ0v) is 15.6. The van der Waals surface area contributed by atoms with Gasteiger partial charge in [-0.25, -0.2) is 9.59 Å². The van der Waals surface area contributed by atoms with E-state index in [4.69, 9.17) is 0 Å². The van der Waals surface area contributed by atoms with E-state index in [0.29, 0.717) is 0 Å². The summed E-state index contributed by atoms with van der Waals surface area (Å²) in [5, 5.41) is 4.29. The van der Waals surface area contributed by atoms with Crippen molar-refractivity contribution < 1.29 is 41.8 Å². The lowest BCUT2D eigenvalue weighted by atomic mass is 10.1. The molecule has 11 heteroatoms. The van der Waals surface area contributed by atoms with E-state index < -0.39 is 35.5 Å². The molecule has 0 aliphatic rings. The Balaban J connectivity index is 2.20. The molecule has 0 aliphatic carbocycles. The maximum Gasteiger partial charge on any atom is 0.416 e. The molecule has 0 bridgehead atoms. The molecule has 0 unspecified atom stereocenters. The van der Waals surface area contributed by atoms with E-state index in [1.165, 1.54) is 12.1 Å². The van der Waals surface area contributed by atoms with Crippen molar-refractivity contribution in [2.24, 2.45) is 0 Å². The fraction of sp³-hybridized carbons (Fsp3) is 0.158. The predicted molar refractivity (Wildman–Crippen MR) is 97.8 cm³/mol. The second-order valence-corrected chi connectivity index (χ2v) is 5.73. The number of esters is 2. The Labute approximate surface area is 168 Å². The fourth-order valence-corrected chi connectivity index (χ4v) is 2.29. The molecule has 2 N–H and O–H groups in total. The van der Waals surface area contributed by atoms with E-state index in [1.54, 1.807) is 0 Å². The first-order valence-electron chi connectivity index (χ1n) is 8.17. The van der Waals surface area contributed by atoms with Crippen molar-refractivity contribution in [1.82, 2.24) is 0 Å². The first-order valence-corrected chi connectivity index (χ1v) is 8.17. The Morgan fingerprint density at radius 2 is 1.37 bits per heavy atom. The number of anilines is 2. The van der Waals surface area contributed by atoms with Gasteiger partial charge < -0.3 is 20.1 Å². The molecular formula is C19H15F3N2O6. The van der Waals surface area contributed by atoms with Gasteiger partial charge in [0.1, 0.15) is 0 Å². The summed E-state index contributed by atoms with van der Waals surface area (Å²) in [6, 6.07) is 7.00. The molecule has 0 atom stereocenters. The molecule has 0 aromatic heterocycles. The highest BCUT2D eigenvalue weighted by molar-refractivity contribution is 6.44. The van der Waals surface area contributed by atoms with Crippen LogP contribution in [0.1, 0.15) is 26.3 Å². The molecule has 2 aromatic carbocycles.